The molecule has 0 radical (unpaired) electrons. The molecule has 0 aliphatic heterocycles. The Hall–Kier alpha value is -1.40. The number of rotatable bonds is 5. The summed E-state index contributed by atoms with van der Waals surface area (Å²) in [6, 6.07) is 0.866. The molecule has 1 atom stereocenters. The predicted octanol–water partition coefficient (Wildman–Crippen LogP) is 1.97. The van der Waals surface area contributed by atoms with E-state index in [-0.39, 0.29) is 18.9 Å². The van der Waals surface area contributed by atoms with Gasteiger partial charge in [-0.1, -0.05) is 12.8 Å². The average Bonchev–Trinajstić information content (AvgIpc) is 2.80. The Morgan fingerprint density at radius 1 is 1.24 bits per heavy atom. The van der Waals surface area contributed by atoms with Crippen molar-refractivity contribution in [2.45, 2.75) is 51.0 Å². The highest BCUT2D eigenvalue weighted by molar-refractivity contribution is 7.14. The molecule has 21 heavy (non-hydrogen) atoms. The number of carbonyl (C=O) groups excluding carboxylic acids is 1. The van der Waals surface area contributed by atoms with Crippen molar-refractivity contribution in [1.29, 1.82) is 0 Å². The summed E-state index contributed by atoms with van der Waals surface area (Å²) in [5, 5.41) is 20.4. The molecule has 3 N–H and O–H groups in total. The molecule has 1 amide bonds. The van der Waals surface area contributed by atoms with E-state index in [1.807, 2.05) is 6.07 Å². The number of hydrogen-bond acceptors (Lipinski definition) is 4. The first-order valence-electron chi connectivity index (χ1n) is 7.38. The van der Waals surface area contributed by atoms with Crippen LogP contribution in [0.15, 0.2) is 6.07 Å². The van der Waals surface area contributed by atoms with E-state index in [4.69, 9.17) is 10.2 Å². The second kappa shape index (κ2) is 7.56. The van der Waals surface area contributed by atoms with Crippen molar-refractivity contribution in [3.63, 3.8) is 0 Å². The van der Waals surface area contributed by atoms with Crippen LogP contribution in [-0.2, 0) is 17.6 Å². The molecule has 0 fully saturated rings. The van der Waals surface area contributed by atoms with Crippen molar-refractivity contribution in [3.05, 3.63) is 21.4 Å². The fourth-order valence-corrected chi connectivity index (χ4v) is 3.73. The van der Waals surface area contributed by atoms with Crippen molar-refractivity contribution in [1.82, 2.24) is 5.32 Å². The molecule has 5 nitrogen and oxygen atoms in total. The van der Waals surface area contributed by atoms with E-state index in [0.29, 0.717) is 4.88 Å². The molecule has 6 heteroatoms. The van der Waals surface area contributed by atoms with Crippen LogP contribution in [0.3, 0.4) is 0 Å². The molecule has 1 aromatic heterocycles. The monoisotopic (exact) mass is 311 g/mol. The summed E-state index contributed by atoms with van der Waals surface area (Å²) in [5.74, 6) is -1.47. The summed E-state index contributed by atoms with van der Waals surface area (Å²) in [7, 11) is 0. The third-order valence-corrected chi connectivity index (χ3v) is 4.98. The molecule has 1 aliphatic rings. The zero-order valence-corrected chi connectivity index (χ0v) is 12.7. The lowest BCUT2D eigenvalue weighted by molar-refractivity contribution is -0.139. The van der Waals surface area contributed by atoms with E-state index in [2.05, 4.69) is 5.32 Å². The number of aryl methyl sites for hydroxylation is 2. The average molecular weight is 311 g/mol. The van der Waals surface area contributed by atoms with Gasteiger partial charge in [-0.05, 0) is 37.3 Å². The third kappa shape index (κ3) is 4.28. The quantitative estimate of drug-likeness (QED) is 0.776. The Bertz CT molecular complexity index is 486. The number of fused-ring (bicyclic) bond motifs is 1. The molecule has 0 bridgehead atoms. The smallest absolute Gasteiger partial charge is 0.326 e. The second-order valence-electron chi connectivity index (χ2n) is 5.35. The van der Waals surface area contributed by atoms with Gasteiger partial charge in [0.1, 0.15) is 6.04 Å². The van der Waals surface area contributed by atoms with Crippen LogP contribution in [0.25, 0.3) is 0 Å². The van der Waals surface area contributed by atoms with Gasteiger partial charge < -0.3 is 15.5 Å². The number of aliphatic carboxylic acids is 1. The minimum Gasteiger partial charge on any atom is -0.480 e. The zero-order valence-electron chi connectivity index (χ0n) is 11.9. The first-order chi connectivity index (χ1) is 10.1. The van der Waals surface area contributed by atoms with Crippen LogP contribution in [-0.4, -0.2) is 34.7 Å². The number of carboxylic acids is 1. The van der Waals surface area contributed by atoms with E-state index in [1.54, 1.807) is 0 Å². The highest BCUT2D eigenvalue weighted by Gasteiger charge is 2.22. The van der Waals surface area contributed by atoms with Gasteiger partial charge in [0.2, 0.25) is 0 Å². The Kier molecular flexibility index (Phi) is 5.76. The Morgan fingerprint density at radius 3 is 2.62 bits per heavy atom. The van der Waals surface area contributed by atoms with Crippen molar-refractivity contribution in [3.8, 4) is 0 Å². The van der Waals surface area contributed by atoms with Crippen LogP contribution in [0.5, 0.6) is 0 Å². The Morgan fingerprint density at radius 2 is 1.95 bits per heavy atom. The highest BCUT2D eigenvalue weighted by atomic mass is 32.1. The predicted molar refractivity (Wildman–Crippen MR) is 80.8 cm³/mol. The molecule has 0 spiro atoms. The number of aliphatic hydroxyl groups excluding tert-OH is 1. The van der Waals surface area contributed by atoms with Gasteiger partial charge in [-0.2, -0.15) is 0 Å². The number of aliphatic hydroxyl groups is 1. The summed E-state index contributed by atoms with van der Waals surface area (Å²) >= 11 is 1.47. The molecular formula is C15H21NO4S. The zero-order chi connectivity index (χ0) is 15.2. The topological polar surface area (TPSA) is 86.6 Å². The second-order valence-corrected chi connectivity index (χ2v) is 6.49. The van der Waals surface area contributed by atoms with Crippen molar-refractivity contribution in [2.24, 2.45) is 0 Å². The van der Waals surface area contributed by atoms with Crippen molar-refractivity contribution >= 4 is 23.2 Å². The summed E-state index contributed by atoms with van der Waals surface area (Å²) < 4.78 is 0. The lowest BCUT2D eigenvalue weighted by Gasteiger charge is -2.12. The number of carbonyl (C=O) groups is 2. The van der Waals surface area contributed by atoms with Gasteiger partial charge >= 0.3 is 5.97 Å². The van der Waals surface area contributed by atoms with Gasteiger partial charge in [-0.25, -0.2) is 4.79 Å². The Balaban J connectivity index is 2.08. The fourth-order valence-electron chi connectivity index (χ4n) is 2.57. The van der Waals surface area contributed by atoms with Gasteiger partial charge in [0.25, 0.3) is 5.91 Å². The molecule has 1 aromatic rings. The summed E-state index contributed by atoms with van der Waals surface area (Å²) in [6.45, 7) is -0.266. The van der Waals surface area contributed by atoms with Gasteiger partial charge in [0.05, 0.1) is 4.88 Å². The number of hydrogen-bond donors (Lipinski definition) is 3. The third-order valence-electron chi connectivity index (χ3n) is 3.74. The van der Waals surface area contributed by atoms with Crippen LogP contribution in [0.4, 0.5) is 0 Å². The standard InChI is InChI=1S/C15H21NO4S/c17-8-7-11(15(19)20)16-14(18)13-9-10-5-3-1-2-4-6-12(10)21-13/h9,11,17H,1-8H2,(H,16,18)(H,19,20)/t11-/m1/s1. The minimum atomic E-state index is -1.12. The molecule has 0 saturated carbocycles. The number of amides is 1. The molecule has 1 aliphatic carbocycles. The molecule has 0 aromatic carbocycles. The van der Waals surface area contributed by atoms with Crippen molar-refractivity contribution in [2.75, 3.05) is 6.61 Å². The van der Waals surface area contributed by atoms with E-state index in [9.17, 15) is 9.59 Å². The molecular weight excluding hydrogens is 290 g/mol. The van der Waals surface area contributed by atoms with Crippen LogP contribution >= 0.6 is 11.3 Å². The maximum absolute atomic E-state index is 12.2. The van der Waals surface area contributed by atoms with Crippen LogP contribution < -0.4 is 5.32 Å². The maximum Gasteiger partial charge on any atom is 0.326 e. The lowest BCUT2D eigenvalue weighted by Crippen LogP contribution is -2.41. The molecule has 2 rings (SSSR count). The largest absolute Gasteiger partial charge is 0.480 e. The minimum absolute atomic E-state index is 0.0200. The first kappa shape index (κ1) is 16.0. The van der Waals surface area contributed by atoms with Crippen LogP contribution in [0.1, 0.15) is 52.2 Å². The van der Waals surface area contributed by atoms with Crippen LogP contribution in [0.2, 0.25) is 0 Å². The number of carboxylic acid groups (broad SMARTS) is 1. The summed E-state index contributed by atoms with van der Waals surface area (Å²) in [4.78, 5) is 25.0. The van der Waals surface area contributed by atoms with Gasteiger partial charge in [-0.3, -0.25) is 4.79 Å². The van der Waals surface area contributed by atoms with E-state index >= 15 is 0 Å². The maximum atomic E-state index is 12.2. The van der Waals surface area contributed by atoms with E-state index in [0.717, 1.165) is 25.7 Å². The summed E-state index contributed by atoms with van der Waals surface area (Å²) in [5.41, 5.74) is 1.24. The molecule has 1 heterocycles. The number of thiophene rings is 1. The summed E-state index contributed by atoms with van der Waals surface area (Å²) in [6.07, 6.45) is 6.78. The Labute approximate surface area is 128 Å². The molecule has 0 unspecified atom stereocenters. The van der Waals surface area contributed by atoms with E-state index in [1.165, 1.54) is 34.6 Å². The van der Waals surface area contributed by atoms with Crippen molar-refractivity contribution < 1.29 is 19.8 Å². The van der Waals surface area contributed by atoms with E-state index < -0.39 is 12.0 Å². The first-order valence-corrected chi connectivity index (χ1v) is 8.19. The normalized spacial score (nSPS) is 16.4. The SMILES string of the molecule is O=C(N[C@H](CCO)C(=O)O)c1cc2c(s1)CCCCCC2. The number of nitrogens with one attached hydrogen (secondary N) is 1. The fraction of sp³-hybridized carbons (Fsp3) is 0.600. The molecule has 116 valence electrons. The van der Waals surface area contributed by atoms with Gasteiger partial charge in [0.15, 0.2) is 0 Å². The van der Waals surface area contributed by atoms with Gasteiger partial charge in [-0.15, -0.1) is 11.3 Å². The lowest BCUT2D eigenvalue weighted by atomic mass is 10.00. The molecule has 0 saturated heterocycles. The van der Waals surface area contributed by atoms with Crippen LogP contribution in [0, 0.1) is 0 Å². The highest BCUT2D eigenvalue weighted by Crippen LogP contribution is 2.28. The van der Waals surface area contributed by atoms with Gasteiger partial charge in [0, 0.05) is 17.9 Å².